The van der Waals surface area contributed by atoms with Gasteiger partial charge in [0.2, 0.25) is 0 Å². The van der Waals surface area contributed by atoms with Crippen LogP contribution in [0.3, 0.4) is 0 Å². The van der Waals surface area contributed by atoms with Gasteiger partial charge in [-0.15, -0.1) is 0 Å². The van der Waals surface area contributed by atoms with Crippen molar-refractivity contribution in [3.05, 3.63) is 41.9 Å². The van der Waals surface area contributed by atoms with E-state index in [-0.39, 0.29) is 18.0 Å². The third-order valence-electron chi connectivity index (χ3n) is 3.88. The van der Waals surface area contributed by atoms with Crippen LogP contribution < -0.4 is 0 Å². The molecule has 0 saturated carbocycles. The van der Waals surface area contributed by atoms with E-state index < -0.39 is 11.9 Å². The van der Waals surface area contributed by atoms with Crippen LogP contribution >= 0.6 is 0 Å². The minimum absolute atomic E-state index is 0.0227. The summed E-state index contributed by atoms with van der Waals surface area (Å²) in [5.74, 6) is -0.404. The molecule has 3 heterocycles. The van der Waals surface area contributed by atoms with Crippen LogP contribution in [0.4, 0.5) is 4.39 Å². The summed E-state index contributed by atoms with van der Waals surface area (Å²) < 4.78 is 19.8. The first-order chi connectivity index (χ1) is 11.2. The smallest absolute Gasteiger partial charge is 0.257 e. The molecule has 0 aliphatic carbocycles. The Hall–Kier alpha value is -2.81. The molecule has 4 rings (SSSR count). The van der Waals surface area contributed by atoms with Crippen molar-refractivity contribution in [1.82, 2.24) is 30.3 Å². The Morgan fingerprint density at radius 2 is 2.26 bits per heavy atom. The summed E-state index contributed by atoms with van der Waals surface area (Å²) in [7, 11) is 0. The molecule has 118 valence electrons. The summed E-state index contributed by atoms with van der Waals surface area (Å²) in [6.45, 7) is 1.01. The Labute approximate surface area is 129 Å². The molecule has 3 aromatic rings. The van der Waals surface area contributed by atoms with Crippen LogP contribution in [-0.2, 0) is 4.74 Å². The lowest BCUT2D eigenvalue weighted by Gasteiger charge is -2.32. The second kappa shape index (κ2) is 5.43. The number of H-pyrrole nitrogens is 2. The van der Waals surface area contributed by atoms with Crippen LogP contribution in [0.2, 0.25) is 0 Å². The number of carbonyl (C=O) groups excluding carboxylic acids is 1. The lowest BCUT2D eigenvalue weighted by atomic mass is 10.1. The van der Waals surface area contributed by atoms with Crippen LogP contribution in [0.1, 0.15) is 22.3 Å². The Balaban J connectivity index is 1.65. The molecular weight excluding hydrogens is 303 g/mol. The molecule has 1 saturated heterocycles. The van der Waals surface area contributed by atoms with Gasteiger partial charge < -0.3 is 9.64 Å². The fourth-order valence-corrected chi connectivity index (χ4v) is 2.74. The predicted molar refractivity (Wildman–Crippen MR) is 77.0 cm³/mol. The maximum atomic E-state index is 14.2. The molecule has 2 N–H and O–H groups in total. The number of aromatic amines is 2. The van der Waals surface area contributed by atoms with E-state index in [9.17, 15) is 9.18 Å². The monoisotopic (exact) mass is 316 g/mol. The van der Waals surface area contributed by atoms with Crippen LogP contribution in [0.25, 0.3) is 10.9 Å². The van der Waals surface area contributed by atoms with E-state index in [1.807, 2.05) is 0 Å². The molecule has 1 aromatic carbocycles. The van der Waals surface area contributed by atoms with Gasteiger partial charge in [-0.1, -0.05) is 0 Å². The molecule has 1 amide bonds. The van der Waals surface area contributed by atoms with Gasteiger partial charge in [0, 0.05) is 11.9 Å². The molecule has 1 aliphatic heterocycles. The molecule has 1 fully saturated rings. The first kappa shape index (κ1) is 13.8. The second-order valence-corrected chi connectivity index (χ2v) is 5.23. The van der Waals surface area contributed by atoms with Gasteiger partial charge >= 0.3 is 0 Å². The first-order valence-electron chi connectivity index (χ1n) is 7.12. The average Bonchev–Trinajstić information content (AvgIpc) is 3.26. The Kier molecular flexibility index (Phi) is 3.27. The highest BCUT2D eigenvalue weighted by Gasteiger charge is 2.30. The summed E-state index contributed by atoms with van der Waals surface area (Å²) >= 11 is 0. The largest absolute Gasteiger partial charge is 0.367 e. The van der Waals surface area contributed by atoms with Crippen molar-refractivity contribution in [3.63, 3.8) is 0 Å². The molecule has 23 heavy (non-hydrogen) atoms. The van der Waals surface area contributed by atoms with Crippen LogP contribution in [0.5, 0.6) is 0 Å². The number of carbonyl (C=O) groups is 1. The number of hydrogen-bond acceptors (Lipinski definition) is 5. The molecular formula is C14H13FN6O2. The fraction of sp³-hybridized carbons (Fsp3) is 0.286. The van der Waals surface area contributed by atoms with Crippen molar-refractivity contribution in [3.8, 4) is 0 Å². The van der Waals surface area contributed by atoms with E-state index in [0.717, 1.165) is 0 Å². The molecule has 0 radical (unpaired) electrons. The fourth-order valence-electron chi connectivity index (χ4n) is 2.74. The maximum Gasteiger partial charge on any atom is 0.257 e. The van der Waals surface area contributed by atoms with Gasteiger partial charge in [0.15, 0.2) is 5.82 Å². The van der Waals surface area contributed by atoms with E-state index >= 15 is 0 Å². The highest BCUT2D eigenvalue weighted by Crippen LogP contribution is 2.25. The molecule has 9 heteroatoms. The molecule has 0 spiro atoms. The van der Waals surface area contributed by atoms with Gasteiger partial charge in [-0.05, 0) is 12.1 Å². The Morgan fingerprint density at radius 3 is 3.09 bits per heavy atom. The second-order valence-electron chi connectivity index (χ2n) is 5.23. The summed E-state index contributed by atoms with van der Waals surface area (Å²) in [5, 5.41) is 13.6. The van der Waals surface area contributed by atoms with Gasteiger partial charge in [0.1, 0.15) is 18.2 Å². The number of fused-ring (bicyclic) bond motifs is 1. The molecule has 0 bridgehead atoms. The van der Waals surface area contributed by atoms with Crippen molar-refractivity contribution in [1.29, 1.82) is 0 Å². The summed E-state index contributed by atoms with van der Waals surface area (Å²) in [6.07, 6.45) is 2.44. The van der Waals surface area contributed by atoms with Gasteiger partial charge in [0.05, 0.1) is 30.4 Å². The lowest BCUT2D eigenvalue weighted by molar-refractivity contribution is -0.0267. The number of nitrogens with one attached hydrogen (secondary N) is 2. The SMILES string of the molecule is O=C(c1c(F)ccc2[nH]ncc12)N1CCOC(c2ncn[nH]2)C1. The normalized spacial score (nSPS) is 18.5. The third kappa shape index (κ3) is 2.34. The highest BCUT2D eigenvalue weighted by atomic mass is 19.1. The van der Waals surface area contributed by atoms with Gasteiger partial charge in [-0.25, -0.2) is 9.37 Å². The first-order valence-corrected chi connectivity index (χ1v) is 7.12. The van der Waals surface area contributed by atoms with Crippen molar-refractivity contribution < 1.29 is 13.9 Å². The number of nitrogens with zero attached hydrogens (tertiary/aromatic N) is 4. The van der Waals surface area contributed by atoms with Gasteiger partial charge in [-0.2, -0.15) is 10.2 Å². The quantitative estimate of drug-likeness (QED) is 0.735. The standard InChI is InChI=1S/C14H13FN6O2/c15-9-1-2-10-8(5-17-19-10)12(9)14(22)21-3-4-23-11(6-21)13-16-7-18-20-13/h1-2,5,7,11H,3-4,6H2,(H,17,19)(H,16,18,20). The van der Waals surface area contributed by atoms with E-state index in [1.165, 1.54) is 18.6 Å². The molecule has 1 atom stereocenters. The molecule has 1 unspecified atom stereocenters. The van der Waals surface area contributed by atoms with E-state index in [0.29, 0.717) is 29.9 Å². The predicted octanol–water partition coefficient (Wildman–Crippen LogP) is 1.03. The number of benzene rings is 1. The van der Waals surface area contributed by atoms with Crippen molar-refractivity contribution in [2.75, 3.05) is 19.7 Å². The van der Waals surface area contributed by atoms with Crippen molar-refractivity contribution >= 4 is 16.8 Å². The van der Waals surface area contributed by atoms with E-state index in [2.05, 4.69) is 25.4 Å². The van der Waals surface area contributed by atoms with E-state index in [4.69, 9.17) is 4.74 Å². The summed E-state index contributed by atoms with van der Waals surface area (Å²) in [4.78, 5) is 18.4. The highest BCUT2D eigenvalue weighted by molar-refractivity contribution is 6.06. The van der Waals surface area contributed by atoms with Gasteiger partial charge in [-0.3, -0.25) is 15.0 Å². The summed E-state index contributed by atoms with van der Waals surface area (Å²) in [5.41, 5.74) is 0.643. The number of ether oxygens (including phenoxy) is 1. The van der Waals surface area contributed by atoms with E-state index in [1.54, 1.807) is 11.0 Å². The third-order valence-corrected chi connectivity index (χ3v) is 3.88. The lowest BCUT2D eigenvalue weighted by Crippen LogP contribution is -2.42. The minimum Gasteiger partial charge on any atom is -0.367 e. The van der Waals surface area contributed by atoms with Crippen molar-refractivity contribution in [2.45, 2.75) is 6.10 Å². The average molecular weight is 316 g/mol. The Bertz CT molecular complexity index is 846. The van der Waals surface area contributed by atoms with Crippen LogP contribution in [0.15, 0.2) is 24.7 Å². The Morgan fingerprint density at radius 1 is 1.35 bits per heavy atom. The molecule has 2 aromatic heterocycles. The number of halogens is 1. The summed E-state index contributed by atoms with van der Waals surface area (Å²) in [6, 6.07) is 2.83. The number of rotatable bonds is 2. The number of hydrogen-bond donors (Lipinski definition) is 2. The number of morpholine rings is 1. The van der Waals surface area contributed by atoms with Crippen LogP contribution in [0, 0.1) is 5.82 Å². The maximum absolute atomic E-state index is 14.2. The zero-order valence-electron chi connectivity index (χ0n) is 12.0. The van der Waals surface area contributed by atoms with Crippen LogP contribution in [-0.4, -0.2) is 55.9 Å². The van der Waals surface area contributed by atoms with Gasteiger partial charge in [0.25, 0.3) is 5.91 Å². The number of amides is 1. The molecule has 8 nitrogen and oxygen atoms in total. The molecule has 1 aliphatic rings. The zero-order chi connectivity index (χ0) is 15.8. The topological polar surface area (TPSA) is 99.8 Å². The minimum atomic E-state index is -0.563. The number of aromatic nitrogens is 5. The zero-order valence-corrected chi connectivity index (χ0v) is 12.0. The van der Waals surface area contributed by atoms with Crippen molar-refractivity contribution in [2.24, 2.45) is 0 Å².